The Morgan fingerprint density at radius 2 is 1.88 bits per heavy atom. The zero-order valence-corrected chi connectivity index (χ0v) is 15.6. The van der Waals surface area contributed by atoms with Crippen molar-refractivity contribution in [1.29, 1.82) is 0 Å². The summed E-state index contributed by atoms with van der Waals surface area (Å²) in [6.07, 6.45) is 0. The van der Waals surface area contributed by atoms with Crippen LogP contribution in [0.5, 0.6) is 0 Å². The SMILES string of the molecule is CCN(CC)c1ccc(/N=c2\sc(C(C)=O)c(C)n2CCO)cc1. The second kappa shape index (κ2) is 8.26. The topological polar surface area (TPSA) is 57.8 Å². The zero-order valence-electron chi connectivity index (χ0n) is 14.7. The van der Waals surface area contributed by atoms with Gasteiger partial charge in [-0.25, -0.2) is 4.99 Å². The number of hydrogen-bond donors (Lipinski definition) is 1. The molecule has 0 unspecified atom stereocenters. The van der Waals surface area contributed by atoms with Gasteiger partial charge in [-0.2, -0.15) is 0 Å². The number of benzene rings is 1. The van der Waals surface area contributed by atoms with Crippen LogP contribution in [0.4, 0.5) is 11.4 Å². The number of aromatic nitrogens is 1. The van der Waals surface area contributed by atoms with Crippen LogP contribution in [-0.2, 0) is 6.54 Å². The molecule has 2 aromatic rings. The number of Topliss-reactive ketones (excluding diaryl/α,β-unsaturated/α-hetero) is 1. The second-order valence-electron chi connectivity index (χ2n) is 5.53. The van der Waals surface area contributed by atoms with Crippen molar-refractivity contribution in [2.45, 2.75) is 34.2 Å². The third-order valence-electron chi connectivity index (χ3n) is 4.00. The second-order valence-corrected chi connectivity index (χ2v) is 6.51. The van der Waals surface area contributed by atoms with Gasteiger partial charge in [-0.3, -0.25) is 4.79 Å². The molecule has 0 amide bonds. The Hall–Kier alpha value is -1.92. The van der Waals surface area contributed by atoms with Gasteiger partial charge >= 0.3 is 0 Å². The van der Waals surface area contributed by atoms with Crippen molar-refractivity contribution in [3.63, 3.8) is 0 Å². The van der Waals surface area contributed by atoms with Gasteiger partial charge in [0.2, 0.25) is 0 Å². The van der Waals surface area contributed by atoms with E-state index in [0.29, 0.717) is 11.4 Å². The lowest BCUT2D eigenvalue weighted by Gasteiger charge is -2.20. The molecule has 130 valence electrons. The van der Waals surface area contributed by atoms with Gasteiger partial charge in [0.1, 0.15) is 0 Å². The first-order chi connectivity index (χ1) is 11.5. The summed E-state index contributed by atoms with van der Waals surface area (Å²) in [6, 6.07) is 8.10. The van der Waals surface area contributed by atoms with Crippen LogP contribution in [0.1, 0.15) is 36.1 Å². The summed E-state index contributed by atoms with van der Waals surface area (Å²) in [5.41, 5.74) is 2.88. The van der Waals surface area contributed by atoms with Crippen LogP contribution in [0, 0.1) is 6.92 Å². The fourth-order valence-electron chi connectivity index (χ4n) is 2.70. The molecule has 0 saturated carbocycles. The van der Waals surface area contributed by atoms with Gasteiger partial charge in [-0.15, -0.1) is 0 Å². The highest BCUT2D eigenvalue weighted by atomic mass is 32.1. The van der Waals surface area contributed by atoms with Crippen LogP contribution in [0.15, 0.2) is 29.3 Å². The van der Waals surface area contributed by atoms with E-state index in [-0.39, 0.29) is 12.4 Å². The van der Waals surface area contributed by atoms with Crippen LogP contribution < -0.4 is 9.70 Å². The number of rotatable bonds is 7. The minimum absolute atomic E-state index is 0.0169. The largest absolute Gasteiger partial charge is 0.395 e. The van der Waals surface area contributed by atoms with E-state index in [4.69, 9.17) is 0 Å². The fourth-order valence-corrected chi connectivity index (χ4v) is 3.77. The lowest BCUT2D eigenvalue weighted by molar-refractivity contribution is 0.102. The molecule has 0 fully saturated rings. The van der Waals surface area contributed by atoms with Crippen LogP contribution in [0.25, 0.3) is 0 Å². The summed E-state index contributed by atoms with van der Waals surface area (Å²) in [4.78, 5) is 20.1. The van der Waals surface area contributed by atoms with Crippen molar-refractivity contribution in [1.82, 2.24) is 4.57 Å². The minimum Gasteiger partial charge on any atom is -0.395 e. The van der Waals surface area contributed by atoms with E-state index >= 15 is 0 Å². The van der Waals surface area contributed by atoms with E-state index in [1.807, 2.05) is 23.6 Å². The van der Waals surface area contributed by atoms with Crippen molar-refractivity contribution in [2.75, 3.05) is 24.6 Å². The molecular weight excluding hydrogens is 322 g/mol. The zero-order chi connectivity index (χ0) is 17.7. The van der Waals surface area contributed by atoms with Crippen LogP contribution in [0.2, 0.25) is 0 Å². The Kier molecular flexibility index (Phi) is 6.34. The highest BCUT2D eigenvalue weighted by molar-refractivity contribution is 7.11. The number of ketones is 1. The van der Waals surface area contributed by atoms with Gasteiger partial charge in [0, 0.05) is 37.9 Å². The third kappa shape index (κ3) is 3.94. The molecule has 0 saturated heterocycles. The number of nitrogens with zero attached hydrogens (tertiary/aromatic N) is 3. The molecule has 5 nitrogen and oxygen atoms in total. The smallest absolute Gasteiger partial charge is 0.190 e. The standard InChI is InChI=1S/C18H25N3O2S/c1-5-20(6-2)16-9-7-15(8-10-16)19-18-21(11-12-22)13(3)17(24-18)14(4)23/h7-10,22H,5-6,11-12H2,1-4H3/b19-18-. The van der Waals surface area contributed by atoms with Crippen molar-refractivity contribution >= 4 is 28.5 Å². The van der Waals surface area contributed by atoms with E-state index in [2.05, 4.69) is 35.9 Å². The predicted octanol–water partition coefficient (Wildman–Crippen LogP) is 3.13. The summed E-state index contributed by atoms with van der Waals surface area (Å²) in [5.74, 6) is 0.0301. The monoisotopic (exact) mass is 347 g/mol. The summed E-state index contributed by atoms with van der Waals surface area (Å²) in [5, 5.41) is 9.29. The quantitative estimate of drug-likeness (QED) is 0.783. The predicted molar refractivity (Wildman–Crippen MR) is 99.4 cm³/mol. The van der Waals surface area contributed by atoms with Gasteiger partial charge in [0.05, 0.1) is 17.2 Å². The van der Waals surface area contributed by atoms with Crippen LogP contribution in [-0.4, -0.2) is 35.2 Å². The maximum Gasteiger partial charge on any atom is 0.190 e. The van der Waals surface area contributed by atoms with Crippen molar-refractivity contribution in [3.05, 3.63) is 39.6 Å². The van der Waals surface area contributed by atoms with E-state index in [1.165, 1.54) is 17.0 Å². The van der Waals surface area contributed by atoms with E-state index in [1.54, 1.807) is 6.92 Å². The number of thiazole rings is 1. The molecule has 0 aliphatic heterocycles. The maximum absolute atomic E-state index is 11.8. The molecule has 6 heteroatoms. The van der Waals surface area contributed by atoms with Crippen LogP contribution in [0.3, 0.4) is 0 Å². The fraction of sp³-hybridized carbons (Fsp3) is 0.444. The lowest BCUT2D eigenvalue weighted by atomic mass is 10.2. The molecule has 2 rings (SSSR count). The molecule has 0 aliphatic carbocycles. The molecule has 24 heavy (non-hydrogen) atoms. The van der Waals surface area contributed by atoms with E-state index < -0.39 is 0 Å². The number of hydrogen-bond acceptors (Lipinski definition) is 5. The minimum atomic E-state index is 0.0169. The first-order valence-electron chi connectivity index (χ1n) is 8.23. The first-order valence-corrected chi connectivity index (χ1v) is 9.05. The van der Waals surface area contributed by atoms with Gasteiger partial charge in [0.15, 0.2) is 10.6 Å². The summed E-state index contributed by atoms with van der Waals surface area (Å²) in [6.45, 7) is 10.1. The van der Waals surface area contributed by atoms with Crippen molar-refractivity contribution in [3.8, 4) is 0 Å². The molecule has 0 bridgehead atoms. The normalized spacial score (nSPS) is 11.8. The molecule has 0 radical (unpaired) electrons. The highest BCUT2D eigenvalue weighted by Crippen LogP contribution is 2.20. The molecular formula is C18H25N3O2S. The molecule has 1 aromatic carbocycles. The van der Waals surface area contributed by atoms with Gasteiger partial charge in [0.25, 0.3) is 0 Å². The average Bonchev–Trinajstić information content (AvgIpc) is 2.87. The number of anilines is 1. The Morgan fingerprint density at radius 3 is 2.38 bits per heavy atom. The Morgan fingerprint density at radius 1 is 1.25 bits per heavy atom. The number of carbonyl (C=O) groups excluding carboxylic acids is 1. The van der Waals surface area contributed by atoms with Crippen molar-refractivity contribution < 1.29 is 9.90 Å². The van der Waals surface area contributed by atoms with Crippen LogP contribution >= 0.6 is 11.3 Å². The summed E-state index contributed by atoms with van der Waals surface area (Å²) >= 11 is 1.37. The first kappa shape index (κ1) is 18.4. The lowest BCUT2D eigenvalue weighted by Crippen LogP contribution is -2.21. The molecule has 1 aromatic heterocycles. The molecule has 0 spiro atoms. The summed E-state index contributed by atoms with van der Waals surface area (Å²) < 4.78 is 1.90. The van der Waals surface area contributed by atoms with Gasteiger partial charge in [-0.05, 0) is 45.0 Å². The molecule has 1 N–H and O–H groups in total. The summed E-state index contributed by atoms with van der Waals surface area (Å²) in [7, 11) is 0. The third-order valence-corrected chi connectivity index (χ3v) is 5.29. The highest BCUT2D eigenvalue weighted by Gasteiger charge is 2.13. The number of aliphatic hydroxyl groups is 1. The molecule has 1 heterocycles. The van der Waals surface area contributed by atoms with Crippen molar-refractivity contribution in [2.24, 2.45) is 4.99 Å². The van der Waals surface area contributed by atoms with Gasteiger partial charge < -0.3 is 14.6 Å². The van der Waals surface area contributed by atoms with E-state index in [9.17, 15) is 9.90 Å². The Bertz CT molecular complexity index is 756. The van der Waals surface area contributed by atoms with Gasteiger partial charge in [-0.1, -0.05) is 11.3 Å². The Labute approximate surface area is 146 Å². The molecule has 0 atom stereocenters. The van der Waals surface area contributed by atoms with E-state index in [0.717, 1.165) is 29.3 Å². The Balaban J connectivity index is 2.43. The average molecular weight is 347 g/mol. The number of carbonyl (C=O) groups is 1. The molecule has 0 aliphatic rings. The number of aliphatic hydroxyl groups excluding tert-OH is 1. The maximum atomic E-state index is 11.8.